The van der Waals surface area contributed by atoms with Gasteiger partial charge in [-0.2, -0.15) is 4.31 Å². The molecule has 0 saturated carbocycles. The first-order chi connectivity index (χ1) is 16.1. The third-order valence-corrected chi connectivity index (χ3v) is 8.58. The lowest BCUT2D eigenvalue weighted by Gasteiger charge is -2.30. The van der Waals surface area contributed by atoms with Crippen LogP contribution in [0.2, 0.25) is 0 Å². The number of hydrogen-bond acceptors (Lipinski definition) is 5. The van der Waals surface area contributed by atoms with Crippen LogP contribution in [0.3, 0.4) is 0 Å². The summed E-state index contributed by atoms with van der Waals surface area (Å²) < 4.78 is 33.4. The second kappa shape index (κ2) is 9.38. The maximum absolute atomic E-state index is 13.3. The number of sulfonamides is 1. The monoisotopic (exact) mass is 485 g/mol. The molecule has 0 bridgehead atoms. The number of piperidine rings is 1. The number of hydrogen-bond donors (Lipinski definition) is 1. The molecule has 2 aromatic carbocycles. The zero-order valence-electron chi connectivity index (χ0n) is 20.0. The zero-order chi connectivity index (χ0) is 24.6. The number of nitrogens with zero attached hydrogens (tertiary/aromatic N) is 2. The van der Waals surface area contributed by atoms with Crippen LogP contribution >= 0.6 is 0 Å². The normalized spacial score (nSPS) is 19.1. The van der Waals surface area contributed by atoms with Crippen molar-refractivity contribution < 1.29 is 22.7 Å². The average Bonchev–Trinajstić information content (AvgIpc) is 3.14. The van der Waals surface area contributed by atoms with Crippen LogP contribution in [-0.2, 0) is 26.0 Å². The second-order valence-corrected chi connectivity index (χ2v) is 11.0. The number of fused-ring (bicyclic) bond motifs is 1. The molecule has 2 aliphatic rings. The molecule has 0 radical (unpaired) electrons. The Labute approximate surface area is 200 Å². The van der Waals surface area contributed by atoms with E-state index in [2.05, 4.69) is 5.32 Å². The Morgan fingerprint density at radius 1 is 1.09 bits per heavy atom. The van der Waals surface area contributed by atoms with Crippen molar-refractivity contribution in [3.8, 4) is 5.75 Å². The number of nitrogens with one attached hydrogen (secondary N) is 1. The molecular weight excluding hydrogens is 454 g/mol. The minimum atomic E-state index is -3.68. The minimum absolute atomic E-state index is 0.00624. The van der Waals surface area contributed by atoms with Gasteiger partial charge in [-0.3, -0.25) is 9.59 Å². The molecule has 1 fully saturated rings. The Hall–Kier alpha value is -2.91. The fourth-order valence-corrected chi connectivity index (χ4v) is 6.43. The van der Waals surface area contributed by atoms with Crippen LogP contribution < -0.4 is 15.0 Å². The van der Waals surface area contributed by atoms with E-state index in [1.807, 2.05) is 32.0 Å². The summed E-state index contributed by atoms with van der Waals surface area (Å²) >= 11 is 0. The van der Waals surface area contributed by atoms with E-state index >= 15 is 0 Å². The molecule has 0 unspecified atom stereocenters. The van der Waals surface area contributed by atoms with Crippen molar-refractivity contribution in [2.75, 3.05) is 30.4 Å². The third kappa shape index (κ3) is 4.54. The number of ether oxygens (including phenoxy) is 1. The third-order valence-electron chi connectivity index (χ3n) is 6.68. The molecule has 0 aliphatic carbocycles. The van der Waals surface area contributed by atoms with Gasteiger partial charge in [-0.05, 0) is 74.6 Å². The van der Waals surface area contributed by atoms with E-state index in [0.717, 1.165) is 16.8 Å². The van der Waals surface area contributed by atoms with Gasteiger partial charge in [0.2, 0.25) is 21.8 Å². The lowest BCUT2D eigenvalue weighted by Crippen LogP contribution is -2.41. The van der Waals surface area contributed by atoms with Gasteiger partial charge in [0, 0.05) is 37.7 Å². The van der Waals surface area contributed by atoms with Gasteiger partial charge < -0.3 is 15.0 Å². The molecule has 34 heavy (non-hydrogen) atoms. The smallest absolute Gasteiger partial charge is 0.243 e. The molecule has 2 aliphatic heterocycles. The van der Waals surface area contributed by atoms with E-state index < -0.39 is 10.0 Å². The number of rotatable bonds is 5. The molecule has 9 heteroatoms. The van der Waals surface area contributed by atoms with Crippen molar-refractivity contribution in [3.05, 3.63) is 47.5 Å². The Bertz CT molecular complexity index is 1220. The Kier molecular flexibility index (Phi) is 6.69. The predicted molar refractivity (Wildman–Crippen MR) is 131 cm³/mol. The van der Waals surface area contributed by atoms with Gasteiger partial charge in [-0.15, -0.1) is 0 Å². The molecule has 8 nitrogen and oxygen atoms in total. The number of carbonyl (C=O) groups is 2. The zero-order valence-corrected chi connectivity index (χ0v) is 20.8. The van der Waals surface area contributed by atoms with Crippen molar-refractivity contribution in [1.29, 1.82) is 0 Å². The van der Waals surface area contributed by atoms with Gasteiger partial charge in [-0.25, -0.2) is 8.42 Å². The molecule has 182 valence electrons. The minimum Gasteiger partial charge on any atom is -0.495 e. The number of benzene rings is 2. The molecule has 2 amide bonds. The quantitative estimate of drug-likeness (QED) is 0.701. The fourth-order valence-electron chi connectivity index (χ4n) is 4.91. The van der Waals surface area contributed by atoms with E-state index in [0.29, 0.717) is 30.7 Å². The van der Waals surface area contributed by atoms with E-state index in [1.165, 1.54) is 11.2 Å². The van der Waals surface area contributed by atoms with Crippen LogP contribution in [0.1, 0.15) is 37.8 Å². The first-order valence-corrected chi connectivity index (χ1v) is 12.9. The van der Waals surface area contributed by atoms with E-state index in [1.54, 1.807) is 30.2 Å². The number of methoxy groups -OCH3 is 1. The van der Waals surface area contributed by atoms with E-state index in [4.69, 9.17) is 4.74 Å². The van der Waals surface area contributed by atoms with E-state index in [9.17, 15) is 18.0 Å². The Morgan fingerprint density at radius 2 is 1.79 bits per heavy atom. The average molecular weight is 486 g/mol. The lowest BCUT2D eigenvalue weighted by molar-refractivity contribution is -0.121. The van der Waals surface area contributed by atoms with Gasteiger partial charge in [0.05, 0.1) is 17.7 Å². The summed E-state index contributed by atoms with van der Waals surface area (Å²) in [5.41, 5.74) is 3.27. The second-order valence-electron chi connectivity index (χ2n) is 9.10. The molecule has 0 aromatic heterocycles. The molecule has 0 spiro atoms. The highest BCUT2D eigenvalue weighted by molar-refractivity contribution is 7.89. The summed E-state index contributed by atoms with van der Waals surface area (Å²) in [5, 5.41) is 2.94. The molecule has 1 saturated heterocycles. The van der Waals surface area contributed by atoms with Crippen molar-refractivity contribution in [1.82, 2.24) is 4.31 Å². The maximum Gasteiger partial charge on any atom is 0.243 e. The summed E-state index contributed by atoms with van der Waals surface area (Å²) in [6.07, 6.45) is 1.52. The topological polar surface area (TPSA) is 96.0 Å². The lowest BCUT2D eigenvalue weighted by atomic mass is 9.97. The molecule has 4 rings (SSSR count). The van der Waals surface area contributed by atoms with Crippen LogP contribution in [0.15, 0.2) is 41.3 Å². The summed E-state index contributed by atoms with van der Waals surface area (Å²) in [7, 11) is -2.13. The van der Waals surface area contributed by atoms with Crippen molar-refractivity contribution in [3.63, 3.8) is 0 Å². The number of anilines is 2. The summed E-state index contributed by atoms with van der Waals surface area (Å²) in [5.74, 6) is 0.136. The van der Waals surface area contributed by atoms with Crippen molar-refractivity contribution >= 4 is 33.2 Å². The van der Waals surface area contributed by atoms with Gasteiger partial charge in [0.25, 0.3) is 0 Å². The molecule has 1 atom stereocenters. The summed E-state index contributed by atoms with van der Waals surface area (Å²) in [6.45, 7) is 5.97. The standard InChI is InChI=1S/C25H31N3O5S/c1-16-5-8-24(33-4)22(13-16)26-25(30)19-9-11-27(12-10-19)34(31,32)21-6-7-23-20(15-21)14-17(2)28(23)18(3)29/h5-8,13,15,17,19H,9-12,14H2,1-4H3,(H,26,30)/t17-/m0/s1. The first-order valence-electron chi connectivity index (χ1n) is 11.5. The van der Waals surface area contributed by atoms with Crippen LogP contribution in [-0.4, -0.2) is 50.8 Å². The Morgan fingerprint density at radius 3 is 2.44 bits per heavy atom. The van der Waals surface area contributed by atoms with Gasteiger partial charge >= 0.3 is 0 Å². The maximum atomic E-state index is 13.3. The summed E-state index contributed by atoms with van der Waals surface area (Å²) in [4.78, 5) is 26.8. The van der Waals surface area contributed by atoms with Crippen LogP contribution in [0.25, 0.3) is 0 Å². The largest absolute Gasteiger partial charge is 0.495 e. The first kappa shape index (κ1) is 24.2. The molecule has 2 heterocycles. The van der Waals surface area contributed by atoms with Crippen molar-refractivity contribution in [2.24, 2.45) is 5.92 Å². The highest BCUT2D eigenvalue weighted by atomic mass is 32.2. The number of carbonyl (C=O) groups excluding carboxylic acids is 2. The van der Waals surface area contributed by atoms with Crippen molar-refractivity contribution in [2.45, 2.75) is 51.0 Å². The van der Waals surface area contributed by atoms with Crippen LogP contribution in [0.5, 0.6) is 5.75 Å². The highest BCUT2D eigenvalue weighted by Gasteiger charge is 2.34. The van der Waals surface area contributed by atoms with Crippen LogP contribution in [0.4, 0.5) is 11.4 Å². The van der Waals surface area contributed by atoms with Gasteiger partial charge in [0.15, 0.2) is 0 Å². The van der Waals surface area contributed by atoms with Gasteiger partial charge in [-0.1, -0.05) is 6.07 Å². The SMILES string of the molecule is COc1ccc(C)cc1NC(=O)C1CCN(S(=O)(=O)c2ccc3c(c2)C[C@H](C)N3C(C)=O)CC1. The number of amides is 2. The van der Waals surface area contributed by atoms with Crippen LogP contribution in [0, 0.1) is 12.8 Å². The highest BCUT2D eigenvalue weighted by Crippen LogP contribution is 2.35. The van der Waals surface area contributed by atoms with Gasteiger partial charge in [0.1, 0.15) is 5.75 Å². The number of aryl methyl sites for hydroxylation is 1. The predicted octanol–water partition coefficient (Wildman–Crippen LogP) is 3.34. The molecular formula is C25H31N3O5S. The molecule has 2 aromatic rings. The Balaban J connectivity index is 1.43. The van der Waals surface area contributed by atoms with E-state index in [-0.39, 0.29) is 41.8 Å². The fraction of sp³-hybridized carbons (Fsp3) is 0.440. The molecule has 1 N–H and O–H groups in total. The summed E-state index contributed by atoms with van der Waals surface area (Å²) in [6, 6.07) is 10.6.